The lowest BCUT2D eigenvalue weighted by Crippen LogP contribution is -2.29. The Labute approximate surface area is 98.0 Å². The van der Waals surface area contributed by atoms with Gasteiger partial charge in [-0.3, -0.25) is 14.9 Å². The van der Waals surface area contributed by atoms with E-state index in [-0.39, 0.29) is 0 Å². The first kappa shape index (κ1) is 12.3. The highest BCUT2D eigenvalue weighted by molar-refractivity contribution is 5.89. The standard InChI is InChI=1S/C10H6F3NO4/c11-5-2-1-3-6(14(17)18)7(5)9(8(15)16)4-10(9,12)13/h1-3H,4H2,(H,15,16). The van der Waals surface area contributed by atoms with E-state index in [0.717, 1.165) is 18.2 Å². The lowest BCUT2D eigenvalue weighted by atomic mass is 9.93. The Morgan fingerprint density at radius 1 is 1.44 bits per heavy atom. The van der Waals surface area contributed by atoms with Gasteiger partial charge in [0.1, 0.15) is 5.82 Å². The van der Waals surface area contributed by atoms with E-state index in [2.05, 4.69) is 0 Å². The quantitative estimate of drug-likeness (QED) is 0.667. The van der Waals surface area contributed by atoms with Crippen molar-refractivity contribution in [1.82, 2.24) is 0 Å². The number of benzene rings is 1. The minimum absolute atomic E-state index is 0.724. The van der Waals surface area contributed by atoms with Crippen LogP contribution in [-0.2, 0) is 10.2 Å². The lowest BCUT2D eigenvalue weighted by molar-refractivity contribution is -0.386. The first-order chi connectivity index (χ1) is 8.24. The molecule has 0 heterocycles. The summed E-state index contributed by atoms with van der Waals surface area (Å²) in [5, 5.41) is 19.5. The highest BCUT2D eigenvalue weighted by Crippen LogP contribution is 2.63. The molecule has 0 spiro atoms. The second-order valence-corrected chi connectivity index (χ2v) is 3.98. The Morgan fingerprint density at radius 2 is 2.00 bits per heavy atom. The van der Waals surface area contributed by atoms with Crippen LogP contribution in [0, 0.1) is 15.9 Å². The van der Waals surface area contributed by atoms with Gasteiger partial charge in [0, 0.05) is 12.5 Å². The largest absolute Gasteiger partial charge is 0.480 e. The number of carboxylic acids is 1. The summed E-state index contributed by atoms with van der Waals surface area (Å²) in [4.78, 5) is 20.6. The van der Waals surface area contributed by atoms with Crippen molar-refractivity contribution >= 4 is 11.7 Å². The molecule has 1 aromatic carbocycles. The number of rotatable bonds is 3. The number of nitro benzene ring substituents is 1. The predicted molar refractivity (Wildman–Crippen MR) is 51.9 cm³/mol. The first-order valence-corrected chi connectivity index (χ1v) is 4.78. The molecule has 96 valence electrons. The molecule has 0 amide bonds. The molecule has 8 heteroatoms. The zero-order valence-electron chi connectivity index (χ0n) is 8.69. The lowest BCUT2D eigenvalue weighted by Gasteiger charge is -2.12. The molecule has 0 saturated heterocycles. The van der Waals surface area contributed by atoms with Gasteiger partial charge in [-0.05, 0) is 6.07 Å². The maximum Gasteiger partial charge on any atom is 0.320 e. The van der Waals surface area contributed by atoms with Gasteiger partial charge in [-0.25, -0.2) is 13.2 Å². The Morgan fingerprint density at radius 3 is 2.39 bits per heavy atom. The minimum atomic E-state index is -3.69. The van der Waals surface area contributed by atoms with E-state index in [9.17, 15) is 28.1 Å². The van der Waals surface area contributed by atoms with Gasteiger partial charge in [0.2, 0.25) is 0 Å². The van der Waals surface area contributed by atoms with Gasteiger partial charge in [-0.2, -0.15) is 0 Å². The molecule has 0 radical (unpaired) electrons. The summed E-state index contributed by atoms with van der Waals surface area (Å²) in [6.45, 7) is 0. The number of hydrogen-bond acceptors (Lipinski definition) is 3. The van der Waals surface area contributed by atoms with Gasteiger partial charge in [-0.1, -0.05) is 6.07 Å². The van der Waals surface area contributed by atoms with Gasteiger partial charge in [-0.15, -0.1) is 0 Å². The van der Waals surface area contributed by atoms with Crippen LogP contribution in [0.15, 0.2) is 18.2 Å². The Balaban J connectivity index is 2.72. The summed E-state index contributed by atoms with van der Waals surface area (Å²) < 4.78 is 40.0. The number of aliphatic carboxylic acids is 1. The third-order valence-corrected chi connectivity index (χ3v) is 2.97. The van der Waals surface area contributed by atoms with Gasteiger partial charge in [0.05, 0.1) is 10.5 Å². The van der Waals surface area contributed by atoms with E-state index in [0.29, 0.717) is 0 Å². The summed E-state index contributed by atoms with van der Waals surface area (Å²) in [6, 6.07) is 2.49. The van der Waals surface area contributed by atoms with Crippen LogP contribution in [0.4, 0.5) is 18.9 Å². The SMILES string of the molecule is O=C(O)C1(c2c(F)cccc2[N+](=O)[O-])CC1(F)F. The molecule has 1 atom stereocenters. The fraction of sp³-hybridized carbons (Fsp3) is 0.300. The van der Waals surface area contributed by atoms with Crippen LogP contribution in [0.1, 0.15) is 12.0 Å². The van der Waals surface area contributed by atoms with E-state index < -0.39 is 45.7 Å². The fourth-order valence-electron chi connectivity index (χ4n) is 1.99. The number of alkyl halides is 2. The molecule has 1 aliphatic carbocycles. The van der Waals surface area contributed by atoms with Crippen LogP contribution in [-0.4, -0.2) is 21.9 Å². The van der Waals surface area contributed by atoms with Crippen LogP contribution in [0.3, 0.4) is 0 Å². The Hall–Kier alpha value is -2.12. The van der Waals surface area contributed by atoms with Crippen molar-refractivity contribution in [2.24, 2.45) is 0 Å². The smallest absolute Gasteiger partial charge is 0.320 e. The average molecular weight is 261 g/mol. The molecule has 1 fully saturated rings. The third kappa shape index (κ3) is 1.38. The number of carboxylic acid groups (broad SMARTS) is 1. The van der Waals surface area contributed by atoms with Crippen LogP contribution in [0.5, 0.6) is 0 Å². The van der Waals surface area contributed by atoms with Crippen molar-refractivity contribution < 1.29 is 28.0 Å². The molecule has 1 aliphatic rings. The fourth-order valence-corrected chi connectivity index (χ4v) is 1.99. The number of nitro groups is 1. The Bertz CT molecular complexity index is 560. The van der Waals surface area contributed by atoms with Gasteiger partial charge < -0.3 is 5.11 Å². The third-order valence-electron chi connectivity index (χ3n) is 2.97. The van der Waals surface area contributed by atoms with Crippen molar-refractivity contribution in [3.63, 3.8) is 0 Å². The number of carbonyl (C=O) groups is 1. The van der Waals surface area contributed by atoms with Gasteiger partial charge in [0.15, 0.2) is 5.41 Å². The summed E-state index contributed by atoms with van der Waals surface area (Å²) in [5.41, 5.74) is -4.84. The van der Waals surface area contributed by atoms with E-state index in [4.69, 9.17) is 5.11 Å². The topological polar surface area (TPSA) is 80.4 Å². The highest BCUT2D eigenvalue weighted by Gasteiger charge is 2.79. The maximum atomic E-state index is 13.5. The zero-order chi connectivity index (χ0) is 13.7. The summed E-state index contributed by atoms with van der Waals surface area (Å²) in [5.74, 6) is -6.98. The van der Waals surface area contributed by atoms with E-state index in [1.807, 2.05) is 0 Å². The second kappa shape index (κ2) is 3.44. The molecule has 0 bridgehead atoms. The van der Waals surface area contributed by atoms with Crippen LogP contribution in [0.25, 0.3) is 0 Å². The summed E-state index contributed by atoms with van der Waals surface area (Å²) >= 11 is 0. The molecule has 1 unspecified atom stereocenters. The molecule has 1 N–H and O–H groups in total. The number of nitrogens with zero attached hydrogens (tertiary/aromatic N) is 1. The van der Waals surface area contributed by atoms with Crippen LogP contribution >= 0.6 is 0 Å². The summed E-state index contributed by atoms with van der Waals surface area (Å²) in [7, 11) is 0. The molecule has 1 aromatic rings. The molecular weight excluding hydrogens is 255 g/mol. The first-order valence-electron chi connectivity index (χ1n) is 4.78. The molecule has 0 aromatic heterocycles. The molecule has 2 rings (SSSR count). The molecular formula is C10H6F3NO4. The van der Waals surface area contributed by atoms with E-state index >= 15 is 0 Å². The number of hydrogen-bond donors (Lipinski definition) is 1. The predicted octanol–water partition coefficient (Wildman–Crippen LogP) is 2.10. The molecule has 1 saturated carbocycles. The average Bonchev–Trinajstić information content (AvgIpc) is 2.82. The highest BCUT2D eigenvalue weighted by atomic mass is 19.3. The van der Waals surface area contributed by atoms with E-state index in [1.54, 1.807) is 0 Å². The summed E-state index contributed by atoms with van der Waals surface area (Å²) in [6.07, 6.45) is -1.14. The van der Waals surface area contributed by atoms with Crippen LogP contribution in [0.2, 0.25) is 0 Å². The molecule has 5 nitrogen and oxygen atoms in total. The van der Waals surface area contributed by atoms with Gasteiger partial charge in [0.25, 0.3) is 11.6 Å². The number of halogens is 3. The molecule has 0 aliphatic heterocycles. The van der Waals surface area contributed by atoms with Crippen molar-refractivity contribution in [2.75, 3.05) is 0 Å². The molecule has 18 heavy (non-hydrogen) atoms. The van der Waals surface area contributed by atoms with Crippen molar-refractivity contribution in [2.45, 2.75) is 17.8 Å². The Kier molecular flexibility index (Phi) is 2.36. The van der Waals surface area contributed by atoms with Crippen LogP contribution < -0.4 is 0 Å². The normalized spacial score (nSPS) is 24.6. The minimum Gasteiger partial charge on any atom is -0.480 e. The maximum absolute atomic E-state index is 13.5. The zero-order valence-corrected chi connectivity index (χ0v) is 8.69. The monoisotopic (exact) mass is 261 g/mol. The van der Waals surface area contributed by atoms with E-state index in [1.165, 1.54) is 0 Å². The second-order valence-electron chi connectivity index (χ2n) is 3.98. The van der Waals surface area contributed by atoms with Crippen molar-refractivity contribution in [3.8, 4) is 0 Å². The van der Waals surface area contributed by atoms with Crippen molar-refractivity contribution in [1.29, 1.82) is 0 Å². The van der Waals surface area contributed by atoms with Gasteiger partial charge >= 0.3 is 5.97 Å². The van der Waals surface area contributed by atoms with Crippen molar-refractivity contribution in [3.05, 3.63) is 39.7 Å².